The molecular formula is C14H15BrN4. The summed E-state index contributed by atoms with van der Waals surface area (Å²) in [6.45, 7) is 6.20. The van der Waals surface area contributed by atoms with Crippen LogP contribution in [0.15, 0.2) is 22.8 Å². The van der Waals surface area contributed by atoms with Gasteiger partial charge in [0.1, 0.15) is 4.60 Å². The van der Waals surface area contributed by atoms with Crippen LogP contribution in [0.5, 0.6) is 0 Å². The molecule has 5 heteroatoms. The summed E-state index contributed by atoms with van der Waals surface area (Å²) in [5, 5.41) is 4.64. The van der Waals surface area contributed by atoms with Crippen LogP contribution in [0.3, 0.4) is 0 Å². The van der Waals surface area contributed by atoms with Crippen LogP contribution in [0.4, 0.5) is 0 Å². The number of halogens is 1. The third-order valence-corrected chi connectivity index (χ3v) is 4.43. The zero-order valence-electron chi connectivity index (χ0n) is 11.4. The fraction of sp³-hybridized carbons (Fsp3) is 0.286. The quantitative estimate of drug-likeness (QED) is 0.689. The van der Waals surface area contributed by atoms with Crippen LogP contribution >= 0.6 is 15.9 Å². The first kappa shape index (κ1) is 12.4. The number of hydrogen-bond acceptors (Lipinski definition) is 2. The van der Waals surface area contributed by atoms with E-state index in [0.717, 1.165) is 27.5 Å². The van der Waals surface area contributed by atoms with Crippen molar-refractivity contribution >= 4 is 21.7 Å². The lowest BCUT2D eigenvalue weighted by atomic mass is 10.1. The third-order valence-electron chi connectivity index (χ3n) is 3.52. The van der Waals surface area contributed by atoms with E-state index in [1.54, 1.807) is 0 Å². The van der Waals surface area contributed by atoms with Gasteiger partial charge in [0.15, 0.2) is 5.82 Å². The summed E-state index contributed by atoms with van der Waals surface area (Å²) in [7, 11) is 1.99. The van der Waals surface area contributed by atoms with Gasteiger partial charge < -0.3 is 0 Å². The summed E-state index contributed by atoms with van der Waals surface area (Å²) in [4.78, 5) is 4.51. The molecule has 0 atom stereocenters. The van der Waals surface area contributed by atoms with Gasteiger partial charge in [0.05, 0.1) is 5.69 Å². The van der Waals surface area contributed by atoms with E-state index >= 15 is 0 Å². The van der Waals surface area contributed by atoms with Gasteiger partial charge in [0.2, 0.25) is 5.78 Å². The molecule has 0 aliphatic carbocycles. The first-order chi connectivity index (χ1) is 8.99. The Kier molecular flexibility index (Phi) is 2.74. The van der Waals surface area contributed by atoms with Crippen molar-refractivity contribution in [1.82, 2.24) is 19.2 Å². The highest BCUT2D eigenvalue weighted by molar-refractivity contribution is 9.10. The van der Waals surface area contributed by atoms with Gasteiger partial charge in [-0.25, -0.2) is 4.98 Å². The van der Waals surface area contributed by atoms with E-state index in [0.29, 0.717) is 0 Å². The second kappa shape index (κ2) is 4.20. The molecule has 0 saturated carbocycles. The number of hydrogen-bond donors (Lipinski definition) is 0. The molecule has 3 rings (SSSR count). The fourth-order valence-corrected chi connectivity index (χ4v) is 2.51. The van der Waals surface area contributed by atoms with Gasteiger partial charge in [-0.05, 0) is 53.9 Å². The van der Waals surface area contributed by atoms with E-state index in [1.807, 2.05) is 23.1 Å². The number of rotatable bonds is 1. The standard InChI is InChI=1S/C14H15BrN4/c1-8-5-6-11(7-9(8)2)13-17-19-12(15)10(3)16-14(19)18(13)4/h5-7H,1-4H3. The van der Waals surface area contributed by atoms with E-state index in [1.165, 1.54) is 11.1 Å². The van der Waals surface area contributed by atoms with Crippen LogP contribution in [0.1, 0.15) is 16.8 Å². The van der Waals surface area contributed by atoms with Crippen LogP contribution in [0.25, 0.3) is 17.2 Å². The molecule has 0 amide bonds. The van der Waals surface area contributed by atoms with Crippen LogP contribution < -0.4 is 0 Å². The van der Waals surface area contributed by atoms with E-state index in [9.17, 15) is 0 Å². The first-order valence-corrected chi connectivity index (χ1v) is 6.93. The van der Waals surface area contributed by atoms with Crippen molar-refractivity contribution in [3.05, 3.63) is 39.6 Å². The predicted molar refractivity (Wildman–Crippen MR) is 79.3 cm³/mol. The first-order valence-electron chi connectivity index (χ1n) is 6.14. The largest absolute Gasteiger partial charge is 0.296 e. The van der Waals surface area contributed by atoms with E-state index in [2.05, 4.69) is 58.1 Å². The average molecular weight is 319 g/mol. The van der Waals surface area contributed by atoms with Crippen molar-refractivity contribution in [1.29, 1.82) is 0 Å². The molecule has 2 aromatic heterocycles. The van der Waals surface area contributed by atoms with Crippen molar-refractivity contribution in [2.75, 3.05) is 0 Å². The topological polar surface area (TPSA) is 35.1 Å². The van der Waals surface area contributed by atoms with Crippen molar-refractivity contribution < 1.29 is 0 Å². The molecule has 98 valence electrons. The van der Waals surface area contributed by atoms with Gasteiger partial charge in [0, 0.05) is 12.6 Å². The highest BCUT2D eigenvalue weighted by Gasteiger charge is 2.15. The van der Waals surface area contributed by atoms with Crippen LogP contribution in [0.2, 0.25) is 0 Å². The summed E-state index contributed by atoms with van der Waals surface area (Å²) in [5.74, 6) is 1.77. The Hall–Kier alpha value is -1.62. The summed E-state index contributed by atoms with van der Waals surface area (Å²) in [6, 6.07) is 6.39. The Morgan fingerprint density at radius 2 is 1.84 bits per heavy atom. The van der Waals surface area contributed by atoms with Crippen LogP contribution in [-0.4, -0.2) is 19.2 Å². The van der Waals surface area contributed by atoms with Crippen molar-refractivity contribution in [3.63, 3.8) is 0 Å². The number of aryl methyl sites for hydroxylation is 4. The molecule has 4 nitrogen and oxygen atoms in total. The minimum atomic E-state index is 0.845. The smallest absolute Gasteiger partial charge is 0.233 e. The molecule has 0 spiro atoms. The second-order valence-corrected chi connectivity index (χ2v) is 5.63. The van der Waals surface area contributed by atoms with E-state index < -0.39 is 0 Å². The van der Waals surface area contributed by atoms with Crippen LogP contribution in [-0.2, 0) is 7.05 Å². The monoisotopic (exact) mass is 318 g/mol. The number of imidazole rings is 1. The zero-order valence-corrected chi connectivity index (χ0v) is 13.0. The lowest BCUT2D eigenvalue weighted by Gasteiger charge is -2.04. The minimum Gasteiger partial charge on any atom is -0.296 e. The van der Waals surface area contributed by atoms with Crippen molar-refractivity contribution in [2.24, 2.45) is 7.05 Å². The normalized spacial score (nSPS) is 11.4. The third kappa shape index (κ3) is 1.80. The summed E-state index contributed by atoms with van der Waals surface area (Å²) in [6.07, 6.45) is 0. The molecule has 0 N–H and O–H groups in total. The Labute approximate surface area is 120 Å². The molecule has 0 unspecified atom stereocenters. The molecule has 2 heterocycles. The molecule has 0 aliphatic rings. The maximum Gasteiger partial charge on any atom is 0.233 e. The molecule has 0 saturated heterocycles. The van der Waals surface area contributed by atoms with E-state index in [-0.39, 0.29) is 0 Å². The van der Waals surface area contributed by atoms with Gasteiger partial charge in [-0.3, -0.25) is 4.57 Å². The molecule has 19 heavy (non-hydrogen) atoms. The maximum atomic E-state index is 4.64. The lowest BCUT2D eigenvalue weighted by molar-refractivity contribution is 0.937. The summed E-state index contributed by atoms with van der Waals surface area (Å²) < 4.78 is 4.76. The highest BCUT2D eigenvalue weighted by atomic mass is 79.9. The lowest BCUT2D eigenvalue weighted by Crippen LogP contribution is -1.94. The fourth-order valence-electron chi connectivity index (χ4n) is 2.18. The molecule has 3 aromatic rings. The highest BCUT2D eigenvalue weighted by Crippen LogP contribution is 2.25. The molecule has 0 radical (unpaired) electrons. The van der Waals surface area contributed by atoms with Gasteiger partial charge in [0.25, 0.3) is 0 Å². The maximum absolute atomic E-state index is 4.64. The Balaban J connectivity index is 2.25. The van der Waals surface area contributed by atoms with Crippen molar-refractivity contribution in [3.8, 4) is 11.4 Å². The Morgan fingerprint density at radius 3 is 2.47 bits per heavy atom. The molecule has 1 aromatic carbocycles. The molecule has 0 aliphatic heterocycles. The minimum absolute atomic E-state index is 0.845. The van der Waals surface area contributed by atoms with Crippen LogP contribution in [0, 0.1) is 20.8 Å². The number of aromatic nitrogens is 4. The van der Waals surface area contributed by atoms with Gasteiger partial charge >= 0.3 is 0 Å². The molecule has 0 fully saturated rings. The number of fused-ring (bicyclic) bond motifs is 1. The number of nitrogens with zero attached hydrogens (tertiary/aromatic N) is 4. The second-order valence-electron chi connectivity index (χ2n) is 4.88. The zero-order chi connectivity index (χ0) is 13.7. The van der Waals surface area contributed by atoms with Gasteiger partial charge in [-0.1, -0.05) is 12.1 Å². The SMILES string of the molecule is Cc1ccc(-c2nn3c(Br)c(C)nc3n2C)cc1C. The summed E-state index contributed by atoms with van der Waals surface area (Å²) >= 11 is 3.52. The Morgan fingerprint density at radius 1 is 1.11 bits per heavy atom. The molecule has 0 bridgehead atoms. The molecular weight excluding hydrogens is 304 g/mol. The van der Waals surface area contributed by atoms with Gasteiger partial charge in [-0.15, -0.1) is 5.10 Å². The predicted octanol–water partition coefficient (Wildman–Crippen LogP) is 3.42. The van der Waals surface area contributed by atoms with E-state index in [4.69, 9.17) is 0 Å². The van der Waals surface area contributed by atoms with Crippen molar-refractivity contribution in [2.45, 2.75) is 20.8 Å². The Bertz CT molecular complexity index is 782. The average Bonchev–Trinajstić information content (AvgIpc) is 2.83. The summed E-state index contributed by atoms with van der Waals surface area (Å²) in [5.41, 5.74) is 4.62. The number of benzene rings is 1. The van der Waals surface area contributed by atoms with Gasteiger partial charge in [-0.2, -0.15) is 4.52 Å².